The van der Waals surface area contributed by atoms with Gasteiger partial charge in [-0.15, -0.1) is 0 Å². The highest BCUT2D eigenvalue weighted by Crippen LogP contribution is 2.24. The van der Waals surface area contributed by atoms with Gasteiger partial charge in [0.05, 0.1) is 6.20 Å². The Morgan fingerprint density at radius 3 is 2.19 bits per heavy atom. The molecule has 1 amide bonds. The molecule has 0 fully saturated rings. The lowest BCUT2D eigenvalue weighted by Gasteiger charge is -2.19. The number of carbonyl (C=O) groups is 1. The van der Waals surface area contributed by atoms with Gasteiger partial charge in [-0.3, -0.25) is 9.78 Å². The largest absolute Gasteiger partial charge is 0.456 e. The highest BCUT2D eigenvalue weighted by molar-refractivity contribution is 6.04. The Morgan fingerprint density at radius 1 is 0.923 bits per heavy atom. The first kappa shape index (κ1) is 17.7. The number of pyridine rings is 1. The number of benzene rings is 2. The van der Waals surface area contributed by atoms with Gasteiger partial charge in [-0.25, -0.2) is 0 Å². The van der Waals surface area contributed by atoms with E-state index in [4.69, 9.17) is 4.74 Å². The van der Waals surface area contributed by atoms with Crippen molar-refractivity contribution in [1.82, 2.24) is 4.98 Å². The van der Waals surface area contributed by atoms with E-state index in [2.05, 4.69) is 31.1 Å². The zero-order chi connectivity index (χ0) is 18.6. The Labute approximate surface area is 153 Å². The number of hydrogen-bond acceptors (Lipinski definition) is 3. The molecule has 1 N–H and O–H groups in total. The second-order valence-corrected chi connectivity index (χ2v) is 7.10. The summed E-state index contributed by atoms with van der Waals surface area (Å²) in [6.07, 6.45) is 3.34. The van der Waals surface area contributed by atoms with E-state index in [0.717, 1.165) is 0 Å². The number of aromatic nitrogens is 1. The predicted molar refractivity (Wildman–Crippen MR) is 104 cm³/mol. The van der Waals surface area contributed by atoms with Crippen LogP contribution < -0.4 is 10.1 Å². The monoisotopic (exact) mass is 346 g/mol. The van der Waals surface area contributed by atoms with Gasteiger partial charge in [0, 0.05) is 17.4 Å². The van der Waals surface area contributed by atoms with Crippen LogP contribution in [0.2, 0.25) is 0 Å². The van der Waals surface area contributed by atoms with Crippen molar-refractivity contribution in [3.63, 3.8) is 0 Å². The highest BCUT2D eigenvalue weighted by atomic mass is 16.5. The molecule has 1 heterocycles. The van der Waals surface area contributed by atoms with Crippen molar-refractivity contribution in [3.8, 4) is 11.5 Å². The van der Waals surface area contributed by atoms with Crippen LogP contribution in [0.25, 0.3) is 0 Å². The summed E-state index contributed by atoms with van der Waals surface area (Å²) in [5, 5.41) is 2.90. The molecule has 3 aromatic rings. The average Bonchev–Trinajstić information content (AvgIpc) is 2.63. The van der Waals surface area contributed by atoms with Crippen molar-refractivity contribution in [2.24, 2.45) is 0 Å². The van der Waals surface area contributed by atoms with Gasteiger partial charge < -0.3 is 10.1 Å². The van der Waals surface area contributed by atoms with Crippen molar-refractivity contribution in [3.05, 3.63) is 84.2 Å². The number of rotatable bonds is 4. The predicted octanol–water partition coefficient (Wildman–Crippen LogP) is 5.42. The van der Waals surface area contributed by atoms with Gasteiger partial charge in [0.15, 0.2) is 0 Å². The first-order valence-electron chi connectivity index (χ1n) is 8.52. The number of amides is 1. The first-order chi connectivity index (χ1) is 12.4. The fourth-order valence-corrected chi connectivity index (χ4v) is 2.47. The van der Waals surface area contributed by atoms with E-state index in [-0.39, 0.29) is 11.3 Å². The summed E-state index contributed by atoms with van der Waals surface area (Å²) in [5.41, 5.74) is 2.62. The van der Waals surface area contributed by atoms with Gasteiger partial charge in [0.1, 0.15) is 11.5 Å². The van der Waals surface area contributed by atoms with E-state index in [0.29, 0.717) is 22.7 Å². The van der Waals surface area contributed by atoms with Crippen LogP contribution in [0.4, 0.5) is 5.69 Å². The van der Waals surface area contributed by atoms with E-state index in [1.807, 2.05) is 60.7 Å². The fraction of sp³-hybridized carbons (Fsp3) is 0.182. The Bertz CT molecular complexity index is 865. The minimum absolute atomic E-state index is 0.0686. The van der Waals surface area contributed by atoms with Crippen LogP contribution in [0, 0.1) is 0 Å². The van der Waals surface area contributed by atoms with Gasteiger partial charge in [0.25, 0.3) is 5.91 Å². The highest BCUT2D eigenvalue weighted by Gasteiger charge is 2.14. The lowest BCUT2D eigenvalue weighted by atomic mass is 9.87. The zero-order valence-corrected chi connectivity index (χ0v) is 15.2. The average molecular weight is 346 g/mol. The molecule has 0 aliphatic heterocycles. The van der Waals surface area contributed by atoms with Crippen LogP contribution in [0.5, 0.6) is 11.5 Å². The minimum atomic E-state index is -0.133. The molecule has 0 atom stereocenters. The van der Waals surface area contributed by atoms with E-state index >= 15 is 0 Å². The topological polar surface area (TPSA) is 51.2 Å². The maximum Gasteiger partial charge on any atom is 0.255 e. The summed E-state index contributed by atoms with van der Waals surface area (Å²) in [7, 11) is 0. The molecule has 0 aliphatic carbocycles. The van der Waals surface area contributed by atoms with Crippen molar-refractivity contribution in [2.45, 2.75) is 26.2 Å². The third-order valence-electron chi connectivity index (χ3n) is 4.00. The minimum Gasteiger partial charge on any atom is -0.456 e. The molecule has 132 valence electrons. The van der Waals surface area contributed by atoms with E-state index < -0.39 is 0 Å². The molecule has 1 aromatic heterocycles. The summed E-state index contributed by atoms with van der Waals surface area (Å²) < 4.78 is 5.69. The molecule has 0 aliphatic rings. The first-order valence-corrected chi connectivity index (χ1v) is 8.52. The lowest BCUT2D eigenvalue weighted by Crippen LogP contribution is -2.14. The number of nitrogens with one attached hydrogen (secondary N) is 1. The van der Waals surface area contributed by atoms with Crippen LogP contribution in [-0.2, 0) is 5.41 Å². The standard InChI is InChI=1S/C22H22N2O2/c1-22(2,3)17-8-6-16(7-9-17)21(25)24-18-10-12-19(13-11-18)26-20-5-4-14-23-15-20/h4-15H,1-3H3,(H,24,25). The van der Waals surface area contributed by atoms with Gasteiger partial charge in [-0.1, -0.05) is 32.9 Å². The van der Waals surface area contributed by atoms with E-state index in [1.165, 1.54) is 5.56 Å². The molecule has 0 spiro atoms. The third-order valence-corrected chi connectivity index (χ3v) is 4.00. The molecular formula is C22H22N2O2. The SMILES string of the molecule is CC(C)(C)c1ccc(C(=O)Nc2ccc(Oc3cccnc3)cc2)cc1. The third kappa shape index (κ3) is 4.48. The van der Waals surface area contributed by atoms with Gasteiger partial charge >= 0.3 is 0 Å². The molecule has 2 aromatic carbocycles. The lowest BCUT2D eigenvalue weighted by molar-refractivity contribution is 0.102. The van der Waals surface area contributed by atoms with Crippen LogP contribution in [-0.4, -0.2) is 10.9 Å². The maximum atomic E-state index is 12.4. The Balaban J connectivity index is 1.64. The number of carbonyl (C=O) groups excluding carboxylic acids is 1. The molecular weight excluding hydrogens is 324 g/mol. The molecule has 0 bridgehead atoms. The molecule has 3 rings (SSSR count). The normalized spacial score (nSPS) is 11.0. The van der Waals surface area contributed by atoms with Crippen LogP contribution in [0.1, 0.15) is 36.7 Å². The number of ether oxygens (including phenoxy) is 1. The molecule has 26 heavy (non-hydrogen) atoms. The summed E-state index contributed by atoms with van der Waals surface area (Å²) in [4.78, 5) is 16.4. The summed E-state index contributed by atoms with van der Waals surface area (Å²) in [5.74, 6) is 1.22. The Kier molecular flexibility index (Phi) is 5.03. The molecule has 4 nitrogen and oxygen atoms in total. The molecule has 0 saturated heterocycles. The fourth-order valence-electron chi connectivity index (χ4n) is 2.47. The van der Waals surface area contributed by atoms with Gasteiger partial charge in [-0.2, -0.15) is 0 Å². The van der Waals surface area contributed by atoms with Crippen LogP contribution in [0.3, 0.4) is 0 Å². The molecule has 0 unspecified atom stereocenters. The Hall–Kier alpha value is -3.14. The van der Waals surface area contributed by atoms with E-state index in [9.17, 15) is 4.79 Å². The number of nitrogens with zero attached hydrogens (tertiary/aromatic N) is 1. The van der Waals surface area contributed by atoms with Crippen LogP contribution in [0.15, 0.2) is 73.1 Å². The summed E-state index contributed by atoms with van der Waals surface area (Å²) in [6, 6.07) is 18.6. The summed E-state index contributed by atoms with van der Waals surface area (Å²) in [6.45, 7) is 6.45. The van der Waals surface area contributed by atoms with Crippen molar-refractivity contribution >= 4 is 11.6 Å². The maximum absolute atomic E-state index is 12.4. The Morgan fingerprint density at radius 2 is 1.62 bits per heavy atom. The smallest absolute Gasteiger partial charge is 0.255 e. The van der Waals surface area contributed by atoms with Gasteiger partial charge in [0.2, 0.25) is 0 Å². The molecule has 0 radical (unpaired) electrons. The molecule has 0 saturated carbocycles. The van der Waals surface area contributed by atoms with Crippen LogP contribution >= 0.6 is 0 Å². The second kappa shape index (κ2) is 7.40. The van der Waals surface area contributed by atoms with Gasteiger partial charge in [-0.05, 0) is 59.5 Å². The quantitative estimate of drug-likeness (QED) is 0.686. The van der Waals surface area contributed by atoms with Crippen molar-refractivity contribution in [2.75, 3.05) is 5.32 Å². The number of anilines is 1. The molecule has 4 heteroatoms. The van der Waals surface area contributed by atoms with E-state index in [1.54, 1.807) is 12.4 Å². The van der Waals surface area contributed by atoms with Crippen molar-refractivity contribution < 1.29 is 9.53 Å². The second-order valence-electron chi connectivity index (χ2n) is 7.10. The summed E-state index contributed by atoms with van der Waals surface area (Å²) >= 11 is 0. The van der Waals surface area contributed by atoms with Crippen molar-refractivity contribution in [1.29, 1.82) is 0 Å². The number of hydrogen-bond donors (Lipinski definition) is 1. The zero-order valence-electron chi connectivity index (χ0n) is 15.2.